The second-order valence-electron chi connectivity index (χ2n) is 3.63. The Labute approximate surface area is 83.9 Å². The van der Waals surface area contributed by atoms with Gasteiger partial charge in [-0.2, -0.15) is 0 Å². The Morgan fingerprint density at radius 3 is 3.29 bits per heavy atom. The van der Waals surface area contributed by atoms with Crippen LogP contribution in [0.5, 0.6) is 0 Å². The first-order valence-corrected chi connectivity index (χ1v) is 5.16. The van der Waals surface area contributed by atoms with Crippen molar-refractivity contribution in [3.63, 3.8) is 0 Å². The molecule has 1 aliphatic rings. The van der Waals surface area contributed by atoms with Crippen LogP contribution in [0.1, 0.15) is 37.1 Å². The van der Waals surface area contributed by atoms with E-state index in [9.17, 15) is 0 Å². The zero-order valence-corrected chi connectivity index (χ0v) is 8.45. The lowest BCUT2D eigenvalue weighted by Crippen LogP contribution is -2.26. The number of nitrogen functional groups attached to an aromatic ring is 1. The number of nitrogens with zero attached hydrogens (tertiary/aromatic N) is 2. The SMILES string of the molecule is CCNC1CCCc2nc(N)ncc21. The van der Waals surface area contributed by atoms with Gasteiger partial charge in [0.05, 0.1) is 5.69 Å². The van der Waals surface area contributed by atoms with E-state index in [0.29, 0.717) is 12.0 Å². The standard InChI is InChI=1S/C10H16N4/c1-2-12-8-4-3-5-9-7(8)6-13-10(11)14-9/h6,8,12H,2-5H2,1H3,(H2,11,13,14). The maximum atomic E-state index is 5.56. The molecule has 1 aliphatic carbocycles. The maximum absolute atomic E-state index is 5.56. The normalized spacial score (nSPS) is 20.5. The fourth-order valence-electron chi connectivity index (χ4n) is 2.02. The largest absolute Gasteiger partial charge is 0.368 e. The minimum atomic E-state index is 0.390. The number of anilines is 1. The van der Waals surface area contributed by atoms with Crippen LogP contribution in [0.4, 0.5) is 5.95 Å². The summed E-state index contributed by atoms with van der Waals surface area (Å²) < 4.78 is 0. The van der Waals surface area contributed by atoms with E-state index in [1.807, 2.05) is 6.20 Å². The van der Waals surface area contributed by atoms with E-state index in [4.69, 9.17) is 5.73 Å². The van der Waals surface area contributed by atoms with E-state index in [1.54, 1.807) is 0 Å². The molecule has 1 atom stereocenters. The van der Waals surface area contributed by atoms with Gasteiger partial charge in [0.2, 0.25) is 5.95 Å². The van der Waals surface area contributed by atoms with Crippen molar-refractivity contribution in [1.29, 1.82) is 0 Å². The third kappa shape index (κ3) is 1.70. The number of nitrogens with two attached hydrogens (primary N) is 1. The van der Waals surface area contributed by atoms with Crippen molar-refractivity contribution in [3.8, 4) is 0 Å². The molecule has 2 rings (SSSR count). The third-order valence-corrected chi connectivity index (χ3v) is 2.65. The number of hydrogen-bond acceptors (Lipinski definition) is 4. The molecule has 0 aliphatic heterocycles. The van der Waals surface area contributed by atoms with Crippen LogP contribution in [0.2, 0.25) is 0 Å². The minimum Gasteiger partial charge on any atom is -0.368 e. The molecule has 0 saturated carbocycles. The van der Waals surface area contributed by atoms with Crippen molar-refractivity contribution in [2.45, 2.75) is 32.2 Å². The van der Waals surface area contributed by atoms with E-state index in [1.165, 1.54) is 18.4 Å². The maximum Gasteiger partial charge on any atom is 0.220 e. The molecule has 0 fully saturated rings. The molecule has 0 saturated heterocycles. The smallest absolute Gasteiger partial charge is 0.220 e. The van der Waals surface area contributed by atoms with Crippen LogP contribution < -0.4 is 11.1 Å². The van der Waals surface area contributed by atoms with Crippen LogP contribution in [0, 0.1) is 0 Å². The second kappa shape index (κ2) is 3.92. The highest BCUT2D eigenvalue weighted by molar-refractivity contribution is 5.29. The molecular weight excluding hydrogens is 176 g/mol. The van der Waals surface area contributed by atoms with Gasteiger partial charge in [-0.1, -0.05) is 6.92 Å². The molecule has 1 unspecified atom stereocenters. The predicted molar refractivity (Wildman–Crippen MR) is 55.8 cm³/mol. The lowest BCUT2D eigenvalue weighted by atomic mass is 9.92. The van der Waals surface area contributed by atoms with Gasteiger partial charge < -0.3 is 11.1 Å². The zero-order chi connectivity index (χ0) is 9.97. The minimum absolute atomic E-state index is 0.390. The highest BCUT2D eigenvalue weighted by atomic mass is 15.0. The van der Waals surface area contributed by atoms with Gasteiger partial charge in [0.15, 0.2) is 0 Å². The Morgan fingerprint density at radius 1 is 1.64 bits per heavy atom. The van der Waals surface area contributed by atoms with E-state index in [-0.39, 0.29) is 0 Å². The summed E-state index contributed by atoms with van der Waals surface area (Å²) in [5.41, 5.74) is 7.91. The number of aryl methyl sites for hydroxylation is 1. The van der Waals surface area contributed by atoms with Crippen molar-refractivity contribution in [1.82, 2.24) is 15.3 Å². The molecule has 14 heavy (non-hydrogen) atoms. The quantitative estimate of drug-likeness (QED) is 0.735. The molecular formula is C10H16N4. The van der Waals surface area contributed by atoms with Crippen LogP contribution in [0.25, 0.3) is 0 Å². The topological polar surface area (TPSA) is 63.8 Å². The van der Waals surface area contributed by atoms with Crippen LogP contribution in [-0.4, -0.2) is 16.5 Å². The highest BCUT2D eigenvalue weighted by Gasteiger charge is 2.20. The van der Waals surface area contributed by atoms with Crippen molar-refractivity contribution < 1.29 is 0 Å². The molecule has 0 aromatic carbocycles. The van der Waals surface area contributed by atoms with Crippen LogP contribution in [0.15, 0.2) is 6.20 Å². The van der Waals surface area contributed by atoms with Crippen molar-refractivity contribution in [3.05, 3.63) is 17.5 Å². The molecule has 1 aromatic rings. The first-order chi connectivity index (χ1) is 6.81. The first-order valence-electron chi connectivity index (χ1n) is 5.16. The lowest BCUT2D eigenvalue weighted by molar-refractivity contribution is 0.464. The Morgan fingerprint density at radius 2 is 2.50 bits per heavy atom. The van der Waals surface area contributed by atoms with Crippen molar-refractivity contribution in [2.24, 2.45) is 0 Å². The number of rotatable bonds is 2. The van der Waals surface area contributed by atoms with Gasteiger partial charge in [-0.05, 0) is 25.8 Å². The summed E-state index contributed by atoms with van der Waals surface area (Å²) in [4.78, 5) is 8.32. The number of fused-ring (bicyclic) bond motifs is 1. The summed E-state index contributed by atoms with van der Waals surface area (Å²) in [5.74, 6) is 0.390. The van der Waals surface area contributed by atoms with Crippen LogP contribution in [0.3, 0.4) is 0 Å². The molecule has 1 aromatic heterocycles. The summed E-state index contributed by atoms with van der Waals surface area (Å²) in [6, 6.07) is 0.421. The van der Waals surface area contributed by atoms with E-state index >= 15 is 0 Å². The summed E-state index contributed by atoms with van der Waals surface area (Å²) >= 11 is 0. The lowest BCUT2D eigenvalue weighted by Gasteiger charge is -2.24. The fraction of sp³-hybridized carbons (Fsp3) is 0.600. The fourth-order valence-corrected chi connectivity index (χ4v) is 2.02. The Hall–Kier alpha value is -1.16. The summed E-state index contributed by atoms with van der Waals surface area (Å²) in [6.07, 6.45) is 5.25. The molecule has 4 nitrogen and oxygen atoms in total. The Bertz CT molecular complexity index is 324. The van der Waals surface area contributed by atoms with Gasteiger partial charge in [0, 0.05) is 17.8 Å². The predicted octanol–water partition coefficient (Wildman–Crippen LogP) is 1.05. The average molecular weight is 192 g/mol. The molecule has 76 valence electrons. The van der Waals surface area contributed by atoms with Gasteiger partial charge in [0.1, 0.15) is 0 Å². The Balaban J connectivity index is 2.30. The van der Waals surface area contributed by atoms with Crippen molar-refractivity contribution >= 4 is 5.95 Å². The second-order valence-corrected chi connectivity index (χ2v) is 3.63. The first kappa shape index (κ1) is 9.40. The summed E-state index contributed by atoms with van der Waals surface area (Å²) in [5, 5.41) is 3.44. The molecule has 4 heteroatoms. The van der Waals surface area contributed by atoms with Gasteiger partial charge in [0.25, 0.3) is 0 Å². The Kier molecular flexibility index (Phi) is 2.63. The number of hydrogen-bond donors (Lipinski definition) is 2. The van der Waals surface area contributed by atoms with E-state index < -0.39 is 0 Å². The average Bonchev–Trinajstić information content (AvgIpc) is 2.18. The van der Waals surface area contributed by atoms with E-state index in [2.05, 4.69) is 22.2 Å². The van der Waals surface area contributed by atoms with Crippen LogP contribution in [-0.2, 0) is 6.42 Å². The van der Waals surface area contributed by atoms with Gasteiger partial charge in [-0.15, -0.1) is 0 Å². The molecule has 0 bridgehead atoms. The van der Waals surface area contributed by atoms with Crippen LogP contribution >= 0.6 is 0 Å². The van der Waals surface area contributed by atoms with Gasteiger partial charge in [-0.25, -0.2) is 9.97 Å². The molecule has 0 spiro atoms. The zero-order valence-electron chi connectivity index (χ0n) is 8.45. The van der Waals surface area contributed by atoms with Gasteiger partial charge >= 0.3 is 0 Å². The van der Waals surface area contributed by atoms with Gasteiger partial charge in [-0.3, -0.25) is 0 Å². The molecule has 0 amide bonds. The van der Waals surface area contributed by atoms with E-state index in [0.717, 1.165) is 18.7 Å². The third-order valence-electron chi connectivity index (χ3n) is 2.65. The summed E-state index contributed by atoms with van der Waals surface area (Å²) in [6.45, 7) is 3.10. The molecule has 3 N–H and O–H groups in total. The highest BCUT2D eigenvalue weighted by Crippen LogP contribution is 2.27. The molecule has 0 radical (unpaired) electrons. The monoisotopic (exact) mass is 192 g/mol. The van der Waals surface area contributed by atoms with Crippen molar-refractivity contribution in [2.75, 3.05) is 12.3 Å². The molecule has 1 heterocycles. The number of aromatic nitrogens is 2. The summed E-state index contributed by atoms with van der Waals surface area (Å²) in [7, 11) is 0. The number of nitrogens with one attached hydrogen (secondary N) is 1.